The van der Waals surface area contributed by atoms with Crippen LogP contribution in [0.2, 0.25) is 0 Å². The lowest BCUT2D eigenvalue weighted by molar-refractivity contribution is 0.298. The molecule has 1 aromatic carbocycles. The lowest BCUT2D eigenvalue weighted by Crippen LogP contribution is -2.36. The maximum Gasteiger partial charge on any atom is 0.331 e. The summed E-state index contributed by atoms with van der Waals surface area (Å²) in [6, 6.07) is 4.61. The molecule has 0 spiro atoms. The molecule has 154 valence electrons. The Hall–Kier alpha value is -3.23. The predicted molar refractivity (Wildman–Crippen MR) is 107 cm³/mol. The number of phenols is 1. The van der Waals surface area contributed by atoms with Gasteiger partial charge in [-0.2, -0.15) is 5.10 Å². The number of hydrogen-bond donors (Lipinski definition) is 4. The topological polar surface area (TPSA) is 129 Å². The van der Waals surface area contributed by atoms with Gasteiger partial charge in [-0.25, -0.2) is 4.79 Å². The fourth-order valence-corrected chi connectivity index (χ4v) is 4.19. The van der Waals surface area contributed by atoms with E-state index in [1.165, 1.54) is 11.7 Å². The van der Waals surface area contributed by atoms with E-state index in [-0.39, 0.29) is 29.3 Å². The van der Waals surface area contributed by atoms with Crippen molar-refractivity contribution in [2.75, 3.05) is 7.11 Å². The summed E-state index contributed by atoms with van der Waals surface area (Å²) in [5.41, 5.74) is 2.84. The average molecular weight is 400 g/mol. The van der Waals surface area contributed by atoms with Gasteiger partial charge in [0, 0.05) is 12.5 Å². The third-order valence-electron chi connectivity index (χ3n) is 5.70. The highest BCUT2D eigenvalue weighted by Crippen LogP contribution is 2.34. The molecule has 1 aliphatic carbocycles. The molecular weight excluding hydrogens is 376 g/mol. The summed E-state index contributed by atoms with van der Waals surface area (Å²) in [5.74, 6) is 0.0396. The smallest absolute Gasteiger partial charge is 0.331 e. The van der Waals surface area contributed by atoms with Crippen LogP contribution in [0.4, 0.5) is 0 Å². The third kappa shape index (κ3) is 3.48. The van der Waals surface area contributed by atoms with Crippen molar-refractivity contribution in [2.45, 2.75) is 50.6 Å². The summed E-state index contributed by atoms with van der Waals surface area (Å²) in [6.45, 7) is 0. The van der Waals surface area contributed by atoms with Crippen molar-refractivity contribution in [3.63, 3.8) is 0 Å². The molecule has 1 aromatic heterocycles. The number of ether oxygens (including phenoxy) is 1. The van der Waals surface area contributed by atoms with Crippen LogP contribution in [0.3, 0.4) is 0 Å². The summed E-state index contributed by atoms with van der Waals surface area (Å²) in [5, 5.41) is 25.1. The average Bonchev–Trinajstić information content (AvgIpc) is 3.18. The molecule has 2 aromatic rings. The van der Waals surface area contributed by atoms with Crippen molar-refractivity contribution >= 4 is 5.71 Å². The summed E-state index contributed by atoms with van der Waals surface area (Å²) in [7, 11) is 1.47. The van der Waals surface area contributed by atoms with Crippen LogP contribution in [0.15, 0.2) is 32.9 Å². The Labute approximate surface area is 166 Å². The third-order valence-corrected chi connectivity index (χ3v) is 5.70. The van der Waals surface area contributed by atoms with Gasteiger partial charge in [-0.15, -0.1) is 0 Å². The number of nitrogens with zero attached hydrogens (tertiary/aromatic N) is 2. The molecule has 2 aliphatic rings. The Bertz CT molecular complexity index is 1070. The van der Waals surface area contributed by atoms with Gasteiger partial charge in [0.25, 0.3) is 5.56 Å². The van der Waals surface area contributed by atoms with Crippen molar-refractivity contribution in [3.05, 3.63) is 50.2 Å². The van der Waals surface area contributed by atoms with Crippen LogP contribution >= 0.6 is 0 Å². The lowest BCUT2D eigenvalue weighted by Gasteiger charge is -2.25. The van der Waals surface area contributed by atoms with Crippen molar-refractivity contribution in [1.29, 1.82) is 0 Å². The van der Waals surface area contributed by atoms with Crippen LogP contribution in [0.1, 0.15) is 61.7 Å². The zero-order valence-corrected chi connectivity index (χ0v) is 16.1. The van der Waals surface area contributed by atoms with E-state index >= 15 is 0 Å². The van der Waals surface area contributed by atoms with Crippen molar-refractivity contribution in [3.8, 4) is 17.4 Å². The minimum atomic E-state index is -0.654. The number of H-pyrrole nitrogens is 1. The zero-order valence-electron chi connectivity index (χ0n) is 16.1. The second kappa shape index (κ2) is 7.65. The molecule has 0 radical (unpaired) electrons. The fraction of sp³-hybridized carbons (Fsp3) is 0.450. The van der Waals surface area contributed by atoms with Gasteiger partial charge in [0.2, 0.25) is 5.88 Å². The molecule has 0 amide bonds. The standard InChI is InChI=1S/C20H24N4O5/c1-29-16-8-7-11(9-15(16)25)13-10-14(23-22-13)17-18(26)21-20(28)24(19(17)27)12-5-3-2-4-6-12/h7-9,12-13,22,25,27H,2-6,10H2,1H3,(H,21,26,28). The minimum Gasteiger partial charge on any atom is -0.504 e. The summed E-state index contributed by atoms with van der Waals surface area (Å²) in [4.78, 5) is 27.2. The van der Waals surface area contributed by atoms with E-state index in [0.717, 1.165) is 37.7 Å². The fourth-order valence-electron chi connectivity index (χ4n) is 4.19. The number of benzene rings is 1. The number of aromatic nitrogens is 2. The van der Waals surface area contributed by atoms with E-state index in [1.54, 1.807) is 18.2 Å². The summed E-state index contributed by atoms with van der Waals surface area (Å²) in [6.07, 6.45) is 4.97. The van der Waals surface area contributed by atoms with Crippen LogP contribution in [-0.2, 0) is 0 Å². The van der Waals surface area contributed by atoms with Gasteiger partial charge in [-0.3, -0.25) is 14.3 Å². The number of rotatable bonds is 4. The van der Waals surface area contributed by atoms with Gasteiger partial charge in [0.1, 0.15) is 5.56 Å². The largest absolute Gasteiger partial charge is 0.504 e. The Kier molecular flexibility index (Phi) is 5.04. The highest BCUT2D eigenvalue weighted by molar-refractivity contribution is 6.03. The molecule has 29 heavy (non-hydrogen) atoms. The maximum atomic E-state index is 12.5. The molecular formula is C20H24N4O5. The van der Waals surface area contributed by atoms with Crippen molar-refractivity contribution in [2.24, 2.45) is 5.10 Å². The Morgan fingerprint density at radius 3 is 2.62 bits per heavy atom. The van der Waals surface area contributed by atoms with Crippen LogP contribution in [0.5, 0.6) is 17.4 Å². The van der Waals surface area contributed by atoms with Gasteiger partial charge in [-0.05, 0) is 30.5 Å². The second-order valence-corrected chi connectivity index (χ2v) is 7.50. The van der Waals surface area contributed by atoms with Crippen molar-refractivity contribution < 1.29 is 14.9 Å². The number of aromatic amines is 1. The van der Waals surface area contributed by atoms with Crippen molar-refractivity contribution in [1.82, 2.24) is 15.0 Å². The number of methoxy groups -OCH3 is 1. The predicted octanol–water partition coefficient (Wildman–Crippen LogP) is 1.90. The molecule has 0 saturated heterocycles. The Balaban J connectivity index is 1.65. The van der Waals surface area contributed by atoms with Gasteiger partial charge >= 0.3 is 5.69 Å². The number of phenolic OH excluding ortho intramolecular Hbond substituents is 1. The molecule has 2 heterocycles. The van der Waals surface area contributed by atoms with Gasteiger partial charge in [0.05, 0.1) is 18.9 Å². The SMILES string of the molecule is COc1ccc(C2CC(c3c(O)n(C4CCCCC4)c(=O)[nH]c3=O)=NN2)cc1O. The van der Waals surface area contributed by atoms with Gasteiger partial charge < -0.3 is 20.4 Å². The van der Waals surface area contributed by atoms with Gasteiger partial charge in [-0.1, -0.05) is 25.3 Å². The zero-order chi connectivity index (χ0) is 20.5. The van der Waals surface area contributed by atoms with E-state index < -0.39 is 11.2 Å². The first-order chi connectivity index (χ1) is 14.0. The van der Waals surface area contributed by atoms with E-state index in [9.17, 15) is 19.8 Å². The second-order valence-electron chi connectivity index (χ2n) is 7.50. The van der Waals surface area contributed by atoms with Crippen LogP contribution < -0.4 is 21.4 Å². The molecule has 0 bridgehead atoms. The van der Waals surface area contributed by atoms with Crippen LogP contribution in [-0.4, -0.2) is 32.6 Å². The minimum absolute atomic E-state index is 0.00629. The lowest BCUT2D eigenvalue weighted by atomic mass is 9.95. The molecule has 1 unspecified atom stereocenters. The number of aromatic hydroxyl groups is 2. The molecule has 1 aliphatic heterocycles. The number of nitrogens with one attached hydrogen (secondary N) is 2. The molecule has 4 rings (SSSR count). The monoisotopic (exact) mass is 400 g/mol. The first-order valence-electron chi connectivity index (χ1n) is 9.76. The van der Waals surface area contributed by atoms with Gasteiger partial charge in [0.15, 0.2) is 11.5 Å². The van der Waals surface area contributed by atoms with E-state index in [4.69, 9.17) is 4.74 Å². The Morgan fingerprint density at radius 2 is 1.93 bits per heavy atom. The van der Waals surface area contributed by atoms with E-state index in [0.29, 0.717) is 17.9 Å². The normalized spacial score (nSPS) is 19.6. The summed E-state index contributed by atoms with van der Waals surface area (Å²) < 4.78 is 6.35. The highest BCUT2D eigenvalue weighted by Gasteiger charge is 2.29. The quantitative estimate of drug-likeness (QED) is 0.620. The number of hydrazone groups is 1. The highest BCUT2D eigenvalue weighted by atomic mass is 16.5. The molecule has 9 nitrogen and oxygen atoms in total. The number of hydrogen-bond acceptors (Lipinski definition) is 7. The molecule has 9 heteroatoms. The molecule has 1 fully saturated rings. The Morgan fingerprint density at radius 1 is 1.17 bits per heavy atom. The van der Waals surface area contributed by atoms with Crippen LogP contribution in [0.25, 0.3) is 0 Å². The molecule has 4 N–H and O–H groups in total. The first kappa shape index (κ1) is 19.1. The molecule has 1 saturated carbocycles. The van der Waals surface area contributed by atoms with E-state index in [2.05, 4.69) is 15.5 Å². The summed E-state index contributed by atoms with van der Waals surface area (Å²) >= 11 is 0. The first-order valence-corrected chi connectivity index (χ1v) is 9.76. The molecule has 1 atom stereocenters. The van der Waals surface area contributed by atoms with E-state index in [1.807, 2.05) is 0 Å². The maximum absolute atomic E-state index is 12.5. The van der Waals surface area contributed by atoms with Crippen LogP contribution in [0, 0.1) is 0 Å².